The summed E-state index contributed by atoms with van der Waals surface area (Å²) in [5, 5.41) is 9.61. The average molecular weight is 253 g/mol. The smallest absolute Gasteiger partial charge is 0.161 e. The Labute approximate surface area is 109 Å². The first kappa shape index (κ1) is 14.8. The lowest BCUT2D eigenvalue weighted by Crippen LogP contribution is -2.21. The van der Waals surface area contributed by atoms with Crippen LogP contribution in [0.15, 0.2) is 18.2 Å². The van der Waals surface area contributed by atoms with E-state index in [1.54, 1.807) is 21.0 Å². The van der Waals surface area contributed by atoms with Gasteiger partial charge < -0.3 is 20.3 Å². The average Bonchev–Trinajstić information content (AvgIpc) is 2.27. The molecule has 0 bridgehead atoms. The zero-order chi connectivity index (χ0) is 13.8. The van der Waals surface area contributed by atoms with Crippen LogP contribution >= 0.6 is 0 Å². The van der Waals surface area contributed by atoms with Crippen LogP contribution in [0.2, 0.25) is 0 Å². The van der Waals surface area contributed by atoms with Crippen LogP contribution in [0.1, 0.15) is 38.8 Å². The van der Waals surface area contributed by atoms with Gasteiger partial charge in [-0.1, -0.05) is 6.07 Å². The highest BCUT2D eigenvalue weighted by atomic mass is 16.5. The third-order valence-corrected chi connectivity index (χ3v) is 2.68. The molecule has 1 rings (SSSR count). The van der Waals surface area contributed by atoms with Gasteiger partial charge in [0.1, 0.15) is 0 Å². The van der Waals surface area contributed by atoms with Crippen molar-refractivity contribution in [1.29, 1.82) is 0 Å². The summed E-state index contributed by atoms with van der Waals surface area (Å²) < 4.78 is 10.9. The maximum absolute atomic E-state index is 9.61. The van der Waals surface area contributed by atoms with Crippen LogP contribution in [0.4, 0.5) is 0 Å². The van der Waals surface area contributed by atoms with E-state index in [1.807, 2.05) is 25.1 Å². The minimum absolute atomic E-state index is 0.0377. The van der Waals surface area contributed by atoms with Gasteiger partial charge in [0.25, 0.3) is 0 Å². The van der Waals surface area contributed by atoms with Crippen molar-refractivity contribution >= 4 is 0 Å². The number of methoxy groups -OCH3 is 1. The summed E-state index contributed by atoms with van der Waals surface area (Å²) in [6.45, 7) is 5.88. The molecule has 102 valence electrons. The van der Waals surface area contributed by atoms with Crippen molar-refractivity contribution in [1.82, 2.24) is 0 Å². The Balaban J connectivity index is 2.71. The lowest BCUT2D eigenvalue weighted by atomic mass is 10.1. The molecule has 4 nitrogen and oxygen atoms in total. The number of nitrogens with two attached hydrogens (primary N) is 1. The van der Waals surface area contributed by atoms with Gasteiger partial charge in [-0.2, -0.15) is 0 Å². The first-order valence-electron chi connectivity index (χ1n) is 6.12. The molecule has 18 heavy (non-hydrogen) atoms. The summed E-state index contributed by atoms with van der Waals surface area (Å²) in [7, 11) is 1.60. The molecule has 1 aromatic carbocycles. The summed E-state index contributed by atoms with van der Waals surface area (Å²) in [5.74, 6) is 1.34. The van der Waals surface area contributed by atoms with Crippen LogP contribution in [-0.2, 0) is 0 Å². The molecular weight excluding hydrogens is 230 g/mol. The number of aliphatic hydroxyl groups is 1. The fourth-order valence-corrected chi connectivity index (χ4v) is 1.50. The lowest BCUT2D eigenvalue weighted by Gasteiger charge is -2.18. The van der Waals surface area contributed by atoms with E-state index in [2.05, 4.69) is 0 Å². The van der Waals surface area contributed by atoms with Gasteiger partial charge in [0.2, 0.25) is 0 Å². The van der Waals surface area contributed by atoms with Gasteiger partial charge >= 0.3 is 0 Å². The molecule has 0 heterocycles. The monoisotopic (exact) mass is 253 g/mol. The van der Waals surface area contributed by atoms with Gasteiger partial charge in [0, 0.05) is 12.5 Å². The largest absolute Gasteiger partial charge is 0.493 e. The molecule has 0 saturated heterocycles. The van der Waals surface area contributed by atoms with Crippen molar-refractivity contribution in [2.24, 2.45) is 5.73 Å². The van der Waals surface area contributed by atoms with Gasteiger partial charge in [0.15, 0.2) is 11.5 Å². The van der Waals surface area contributed by atoms with Gasteiger partial charge in [-0.25, -0.2) is 0 Å². The molecule has 0 spiro atoms. The zero-order valence-electron chi connectivity index (χ0n) is 11.6. The van der Waals surface area contributed by atoms with E-state index in [0.717, 1.165) is 5.56 Å². The minimum Gasteiger partial charge on any atom is -0.493 e. The van der Waals surface area contributed by atoms with Crippen LogP contribution in [0, 0.1) is 0 Å². The highest BCUT2D eigenvalue weighted by molar-refractivity contribution is 5.43. The number of benzene rings is 1. The van der Waals surface area contributed by atoms with E-state index in [0.29, 0.717) is 24.5 Å². The summed E-state index contributed by atoms with van der Waals surface area (Å²) in [6.07, 6.45) is 0.561. The zero-order valence-corrected chi connectivity index (χ0v) is 11.6. The van der Waals surface area contributed by atoms with Gasteiger partial charge in [-0.15, -0.1) is 0 Å². The standard InChI is InChI=1S/C14H23NO3/c1-10(15)11-5-6-12(13(9-11)17-4)18-8-7-14(2,3)16/h5-6,9-10,16H,7-8,15H2,1-4H3/t10-/m0/s1. The van der Waals surface area contributed by atoms with E-state index in [1.165, 1.54) is 0 Å². The summed E-state index contributed by atoms with van der Waals surface area (Å²) in [5.41, 5.74) is 6.09. The molecule has 3 N–H and O–H groups in total. The van der Waals surface area contributed by atoms with Crippen molar-refractivity contribution < 1.29 is 14.6 Å². The molecule has 1 aromatic rings. The molecule has 1 atom stereocenters. The van der Waals surface area contributed by atoms with Crippen LogP contribution in [0.3, 0.4) is 0 Å². The second-order valence-corrected chi connectivity index (χ2v) is 5.11. The molecule has 0 radical (unpaired) electrons. The first-order chi connectivity index (χ1) is 8.33. The minimum atomic E-state index is -0.723. The van der Waals surface area contributed by atoms with Gasteiger partial charge in [0.05, 0.1) is 19.3 Å². The Morgan fingerprint density at radius 3 is 2.50 bits per heavy atom. The summed E-state index contributed by atoms with van der Waals surface area (Å²) in [4.78, 5) is 0. The molecule has 4 heteroatoms. The van der Waals surface area contributed by atoms with E-state index < -0.39 is 5.60 Å². The second kappa shape index (κ2) is 6.07. The molecular formula is C14H23NO3. The maximum Gasteiger partial charge on any atom is 0.161 e. The number of rotatable bonds is 6. The van der Waals surface area contributed by atoms with E-state index >= 15 is 0 Å². The topological polar surface area (TPSA) is 64.7 Å². The third kappa shape index (κ3) is 4.55. The highest BCUT2D eigenvalue weighted by Gasteiger charge is 2.13. The van der Waals surface area contributed by atoms with Crippen LogP contribution < -0.4 is 15.2 Å². The van der Waals surface area contributed by atoms with Crippen LogP contribution in [-0.4, -0.2) is 24.4 Å². The molecule has 0 aliphatic heterocycles. The fourth-order valence-electron chi connectivity index (χ4n) is 1.50. The molecule has 0 aliphatic carbocycles. The summed E-state index contributed by atoms with van der Waals surface area (Å²) >= 11 is 0. The molecule has 0 fully saturated rings. The molecule has 0 aliphatic rings. The Hall–Kier alpha value is -1.26. The van der Waals surface area contributed by atoms with Crippen molar-refractivity contribution in [2.45, 2.75) is 38.8 Å². The molecule has 0 saturated carbocycles. The van der Waals surface area contributed by atoms with Crippen LogP contribution in [0.5, 0.6) is 11.5 Å². The van der Waals surface area contributed by atoms with Crippen molar-refractivity contribution in [3.8, 4) is 11.5 Å². The van der Waals surface area contributed by atoms with Crippen molar-refractivity contribution in [3.05, 3.63) is 23.8 Å². The first-order valence-corrected chi connectivity index (χ1v) is 6.12. The maximum atomic E-state index is 9.61. The highest BCUT2D eigenvalue weighted by Crippen LogP contribution is 2.30. The van der Waals surface area contributed by atoms with Crippen molar-refractivity contribution in [3.63, 3.8) is 0 Å². The SMILES string of the molecule is COc1cc([C@H](C)N)ccc1OCCC(C)(C)O. The van der Waals surface area contributed by atoms with Crippen molar-refractivity contribution in [2.75, 3.05) is 13.7 Å². The van der Waals surface area contributed by atoms with Gasteiger partial charge in [-0.05, 0) is 38.5 Å². The number of hydrogen-bond acceptors (Lipinski definition) is 4. The molecule has 0 aromatic heterocycles. The lowest BCUT2D eigenvalue weighted by molar-refractivity contribution is 0.0549. The second-order valence-electron chi connectivity index (χ2n) is 5.11. The Kier molecular flexibility index (Phi) is 4.99. The van der Waals surface area contributed by atoms with E-state index in [-0.39, 0.29) is 6.04 Å². The summed E-state index contributed by atoms with van der Waals surface area (Å²) in [6, 6.07) is 5.61. The number of hydrogen-bond donors (Lipinski definition) is 2. The molecule has 0 amide bonds. The van der Waals surface area contributed by atoms with E-state index in [9.17, 15) is 5.11 Å². The number of ether oxygens (including phenoxy) is 2. The third-order valence-electron chi connectivity index (χ3n) is 2.68. The Bertz CT molecular complexity index is 383. The normalized spacial score (nSPS) is 13.2. The Morgan fingerprint density at radius 2 is 2.00 bits per heavy atom. The quantitative estimate of drug-likeness (QED) is 0.816. The fraction of sp³-hybridized carbons (Fsp3) is 0.571. The predicted molar refractivity (Wildman–Crippen MR) is 72.0 cm³/mol. The Morgan fingerprint density at radius 1 is 1.33 bits per heavy atom. The molecule has 0 unspecified atom stereocenters. The van der Waals surface area contributed by atoms with Crippen LogP contribution in [0.25, 0.3) is 0 Å². The van der Waals surface area contributed by atoms with E-state index in [4.69, 9.17) is 15.2 Å². The van der Waals surface area contributed by atoms with Gasteiger partial charge in [-0.3, -0.25) is 0 Å². The predicted octanol–water partition coefficient (Wildman–Crippen LogP) is 2.25.